The number of nitrogens with two attached hydrogens (primary N) is 3. The Morgan fingerprint density at radius 3 is 2.64 bits per heavy atom. The van der Waals surface area contributed by atoms with E-state index in [4.69, 9.17) is 26.8 Å². The smallest absolute Gasteiger partial charge is 0.351 e. The molecule has 0 saturated heterocycles. The van der Waals surface area contributed by atoms with Crippen LogP contribution in [0.25, 0.3) is 11.3 Å². The topological polar surface area (TPSA) is 194 Å². The van der Waals surface area contributed by atoms with Gasteiger partial charge in [-0.1, -0.05) is 5.16 Å². The molecule has 0 aliphatic rings. The zero-order chi connectivity index (χ0) is 23.8. The lowest BCUT2D eigenvalue weighted by Crippen LogP contribution is -2.31. The van der Waals surface area contributed by atoms with Crippen LogP contribution in [0.2, 0.25) is 0 Å². The Balaban J connectivity index is 1.62. The molecule has 0 radical (unpaired) electrons. The number of anilines is 1. The molecule has 7 N–H and O–H groups in total. The van der Waals surface area contributed by atoms with Crippen molar-refractivity contribution in [3.05, 3.63) is 47.9 Å². The number of benzene rings is 1. The van der Waals surface area contributed by atoms with Gasteiger partial charge < -0.3 is 36.4 Å². The molecule has 12 nitrogen and oxygen atoms in total. The average Bonchev–Trinajstić information content (AvgIpc) is 3.43. The summed E-state index contributed by atoms with van der Waals surface area (Å²) in [7, 11) is 0. The number of carbonyl (C=O) groups excluding carboxylic acids is 1. The highest BCUT2D eigenvalue weighted by Crippen LogP contribution is 2.21. The number of carboxylic acid groups (broad SMARTS) is 1. The lowest BCUT2D eigenvalue weighted by atomic mass is 10.1. The summed E-state index contributed by atoms with van der Waals surface area (Å²) in [6.07, 6.45) is 3.03. The van der Waals surface area contributed by atoms with E-state index in [1.807, 2.05) is 10.8 Å². The molecule has 3 aromatic rings. The van der Waals surface area contributed by atoms with Crippen molar-refractivity contribution in [2.75, 3.05) is 18.9 Å². The molecule has 13 heteroatoms. The summed E-state index contributed by atoms with van der Waals surface area (Å²) < 4.78 is 7.48. The van der Waals surface area contributed by atoms with Crippen molar-refractivity contribution in [2.45, 2.75) is 19.1 Å². The van der Waals surface area contributed by atoms with Gasteiger partial charge in [0.2, 0.25) is 0 Å². The molecule has 174 valence electrons. The van der Waals surface area contributed by atoms with Crippen molar-refractivity contribution in [1.82, 2.24) is 14.5 Å². The number of hydrogen-bond acceptors (Lipinski definition) is 10. The normalized spacial score (nSPS) is 12.3. The number of aryl methyl sites for hydroxylation is 1. The van der Waals surface area contributed by atoms with E-state index < -0.39 is 18.0 Å². The standard InChI is InChI=1S/C20H23N7O5S/c21-6-1-7-27-8-14(24-11-27)12-2-4-13(5-3-12)31-9-16(19(29)30)32-26-17(18(22)28)15-10-33-20(23)25-15/h2-5,8,10-11,16H,1,6-7,9,21H2,(H2,22,28)(H2,23,25)(H,29,30)/b26-17-/t16-/m0/s1. The van der Waals surface area contributed by atoms with Crippen LogP contribution in [0.4, 0.5) is 5.13 Å². The molecule has 3 rings (SSSR count). The number of primary amides is 1. The molecule has 0 aliphatic heterocycles. The Kier molecular flexibility index (Phi) is 7.94. The van der Waals surface area contributed by atoms with Crippen LogP contribution >= 0.6 is 11.3 Å². The van der Waals surface area contributed by atoms with Gasteiger partial charge in [-0.25, -0.2) is 14.8 Å². The van der Waals surface area contributed by atoms with Crippen LogP contribution in [-0.4, -0.2) is 56.5 Å². The van der Waals surface area contributed by atoms with Crippen LogP contribution in [0.15, 0.2) is 47.3 Å². The molecule has 1 aromatic carbocycles. The van der Waals surface area contributed by atoms with E-state index in [-0.39, 0.29) is 23.1 Å². The molecule has 0 bridgehead atoms. The summed E-state index contributed by atoms with van der Waals surface area (Å²) in [5, 5.41) is 14.6. The first-order chi connectivity index (χ1) is 15.9. The second-order valence-electron chi connectivity index (χ2n) is 6.78. The Bertz CT molecular complexity index is 1130. The second kappa shape index (κ2) is 11.1. The van der Waals surface area contributed by atoms with Crippen molar-refractivity contribution in [3.63, 3.8) is 0 Å². The number of carboxylic acids is 1. The van der Waals surface area contributed by atoms with Gasteiger partial charge in [0, 0.05) is 23.7 Å². The number of amides is 1. The number of thiazole rings is 1. The van der Waals surface area contributed by atoms with E-state index in [1.54, 1.807) is 30.6 Å². The highest BCUT2D eigenvalue weighted by Gasteiger charge is 2.23. The zero-order valence-corrected chi connectivity index (χ0v) is 18.3. The number of rotatable bonds is 12. The summed E-state index contributed by atoms with van der Waals surface area (Å²) >= 11 is 1.07. The molecule has 2 heterocycles. The number of aromatic nitrogens is 3. The molecule has 1 amide bonds. The number of oxime groups is 1. The van der Waals surface area contributed by atoms with Gasteiger partial charge in [-0.05, 0) is 37.2 Å². The Morgan fingerprint density at radius 1 is 1.27 bits per heavy atom. The van der Waals surface area contributed by atoms with Crippen molar-refractivity contribution in [1.29, 1.82) is 0 Å². The number of carbonyl (C=O) groups is 2. The van der Waals surface area contributed by atoms with Crippen LogP contribution in [0, 0.1) is 0 Å². The molecule has 0 spiro atoms. The third-order valence-electron chi connectivity index (χ3n) is 4.35. The number of imidazole rings is 1. The predicted molar refractivity (Wildman–Crippen MR) is 122 cm³/mol. The molecule has 33 heavy (non-hydrogen) atoms. The van der Waals surface area contributed by atoms with E-state index in [0.29, 0.717) is 12.3 Å². The highest BCUT2D eigenvalue weighted by molar-refractivity contribution is 7.13. The zero-order valence-electron chi connectivity index (χ0n) is 17.5. The maximum Gasteiger partial charge on any atom is 0.351 e. The number of aliphatic carboxylic acids is 1. The largest absolute Gasteiger partial charge is 0.489 e. The first kappa shape index (κ1) is 23.7. The molecule has 1 atom stereocenters. The van der Waals surface area contributed by atoms with Gasteiger partial charge in [-0.3, -0.25) is 4.79 Å². The van der Waals surface area contributed by atoms with E-state index in [9.17, 15) is 14.7 Å². The number of ether oxygens (including phenoxy) is 1. The van der Waals surface area contributed by atoms with Gasteiger partial charge >= 0.3 is 5.97 Å². The fourth-order valence-electron chi connectivity index (χ4n) is 2.68. The van der Waals surface area contributed by atoms with E-state index in [2.05, 4.69) is 15.1 Å². The fraction of sp³-hybridized carbons (Fsp3) is 0.250. The van der Waals surface area contributed by atoms with E-state index >= 15 is 0 Å². The summed E-state index contributed by atoms with van der Waals surface area (Å²) in [5.74, 6) is -1.85. The molecular formula is C20H23N7O5S. The summed E-state index contributed by atoms with van der Waals surface area (Å²) in [6, 6.07) is 6.97. The van der Waals surface area contributed by atoms with Crippen LogP contribution in [0.5, 0.6) is 5.75 Å². The summed E-state index contributed by atoms with van der Waals surface area (Å²) in [6.45, 7) is 1.03. The minimum absolute atomic E-state index is 0.0936. The lowest BCUT2D eigenvalue weighted by Gasteiger charge is -2.13. The van der Waals surface area contributed by atoms with Crippen molar-refractivity contribution < 1.29 is 24.3 Å². The molecule has 0 fully saturated rings. The highest BCUT2D eigenvalue weighted by atomic mass is 32.1. The second-order valence-corrected chi connectivity index (χ2v) is 7.67. The van der Waals surface area contributed by atoms with Gasteiger partial charge in [0.25, 0.3) is 12.0 Å². The van der Waals surface area contributed by atoms with Crippen molar-refractivity contribution in [2.24, 2.45) is 16.6 Å². The van der Waals surface area contributed by atoms with Crippen molar-refractivity contribution in [3.8, 4) is 17.0 Å². The number of nitrogen functional groups attached to an aromatic ring is 1. The number of hydrogen-bond donors (Lipinski definition) is 4. The maximum atomic E-state index is 11.6. The van der Waals surface area contributed by atoms with Gasteiger partial charge in [0.1, 0.15) is 18.1 Å². The maximum absolute atomic E-state index is 11.6. The molecule has 0 unspecified atom stereocenters. The van der Waals surface area contributed by atoms with Gasteiger partial charge in [-0.2, -0.15) is 0 Å². The molecular weight excluding hydrogens is 450 g/mol. The van der Waals surface area contributed by atoms with Gasteiger partial charge in [0.05, 0.1) is 12.0 Å². The summed E-state index contributed by atoms with van der Waals surface area (Å²) in [4.78, 5) is 36.4. The van der Waals surface area contributed by atoms with Crippen LogP contribution < -0.4 is 21.9 Å². The SMILES string of the molecule is NCCCn1cnc(-c2ccc(OC[C@H](O/N=C(\C(N)=O)c3csc(N)n3)C(=O)O)cc2)c1. The van der Waals surface area contributed by atoms with Crippen molar-refractivity contribution >= 4 is 34.1 Å². The van der Waals surface area contributed by atoms with Crippen LogP contribution in [0.3, 0.4) is 0 Å². The van der Waals surface area contributed by atoms with Gasteiger partial charge in [0.15, 0.2) is 10.8 Å². The van der Waals surface area contributed by atoms with E-state index in [0.717, 1.165) is 35.6 Å². The lowest BCUT2D eigenvalue weighted by molar-refractivity contribution is -0.152. The van der Waals surface area contributed by atoms with Crippen LogP contribution in [0.1, 0.15) is 12.1 Å². The predicted octanol–water partition coefficient (Wildman–Crippen LogP) is 0.676. The Hall–Kier alpha value is -3.97. The third kappa shape index (κ3) is 6.51. The first-order valence-corrected chi connectivity index (χ1v) is 10.7. The molecule has 0 aliphatic carbocycles. The average molecular weight is 474 g/mol. The molecule has 0 saturated carbocycles. The van der Waals surface area contributed by atoms with Crippen LogP contribution in [-0.2, 0) is 21.0 Å². The monoisotopic (exact) mass is 473 g/mol. The fourth-order valence-corrected chi connectivity index (χ4v) is 3.22. The Labute approximate surface area is 192 Å². The number of nitrogens with zero attached hydrogens (tertiary/aromatic N) is 4. The molecule has 2 aromatic heterocycles. The summed E-state index contributed by atoms with van der Waals surface area (Å²) in [5.41, 5.74) is 17.8. The minimum atomic E-state index is -1.49. The Morgan fingerprint density at radius 2 is 2.03 bits per heavy atom. The first-order valence-electron chi connectivity index (χ1n) is 9.80. The van der Waals surface area contributed by atoms with Gasteiger partial charge in [-0.15, -0.1) is 11.3 Å². The van der Waals surface area contributed by atoms with E-state index in [1.165, 1.54) is 5.38 Å². The quantitative estimate of drug-likeness (QED) is 0.216. The third-order valence-corrected chi connectivity index (χ3v) is 5.02. The minimum Gasteiger partial charge on any atom is -0.489 e.